The van der Waals surface area contributed by atoms with Crippen LogP contribution in [-0.4, -0.2) is 61.6 Å². The van der Waals surface area contributed by atoms with E-state index in [-0.39, 0.29) is 12.1 Å². The lowest BCUT2D eigenvalue weighted by Crippen LogP contribution is -2.59. The highest BCUT2D eigenvalue weighted by atomic mass is 16.2. The largest absolute Gasteiger partial charge is 0.338 e. The first-order valence-corrected chi connectivity index (χ1v) is 5.62. The van der Waals surface area contributed by atoms with Gasteiger partial charge in [0.15, 0.2) is 0 Å². The van der Waals surface area contributed by atoms with Crippen molar-refractivity contribution < 1.29 is 4.79 Å². The van der Waals surface area contributed by atoms with Gasteiger partial charge >= 0.3 is 6.03 Å². The van der Waals surface area contributed by atoms with Crippen molar-refractivity contribution in [1.29, 1.82) is 0 Å². The molecule has 5 nitrogen and oxygen atoms in total. The van der Waals surface area contributed by atoms with E-state index in [0.717, 1.165) is 32.6 Å². The van der Waals surface area contributed by atoms with Gasteiger partial charge in [0, 0.05) is 32.7 Å². The second kappa shape index (κ2) is 5.92. The van der Waals surface area contributed by atoms with E-state index in [0.29, 0.717) is 6.54 Å². The summed E-state index contributed by atoms with van der Waals surface area (Å²) in [6.45, 7) is 5.89. The third-order valence-electron chi connectivity index (χ3n) is 2.74. The molecule has 0 aromatic rings. The highest BCUT2D eigenvalue weighted by Crippen LogP contribution is 2.07. The van der Waals surface area contributed by atoms with Gasteiger partial charge in [-0.05, 0) is 13.5 Å². The molecular formula is C10H22N4O. The second-order valence-electron chi connectivity index (χ2n) is 4.08. The van der Waals surface area contributed by atoms with E-state index >= 15 is 0 Å². The number of amides is 2. The van der Waals surface area contributed by atoms with Gasteiger partial charge in [0.2, 0.25) is 0 Å². The Hall–Kier alpha value is -0.810. The van der Waals surface area contributed by atoms with Crippen LogP contribution in [0.15, 0.2) is 0 Å². The van der Waals surface area contributed by atoms with Crippen LogP contribution in [0.25, 0.3) is 0 Å². The molecule has 1 atom stereocenters. The third-order valence-corrected chi connectivity index (χ3v) is 2.74. The SMILES string of the molecule is CCCNC(=O)N1CCN(C)CC1CN. The molecule has 0 aromatic carbocycles. The first-order valence-electron chi connectivity index (χ1n) is 5.62. The van der Waals surface area contributed by atoms with E-state index in [1.165, 1.54) is 0 Å². The van der Waals surface area contributed by atoms with E-state index in [9.17, 15) is 4.79 Å². The Kier molecular flexibility index (Phi) is 4.84. The van der Waals surface area contributed by atoms with Crippen LogP contribution in [-0.2, 0) is 0 Å². The summed E-state index contributed by atoms with van der Waals surface area (Å²) < 4.78 is 0. The lowest BCUT2D eigenvalue weighted by atomic mass is 10.2. The van der Waals surface area contributed by atoms with Crippen molar-refractivity contribution in [3.05, 3.63) is 0 Å². The van der Waals surface area contributed by atoms with Crippen LogP contribution in [0.1, 0.15) is 13.3 Å². The molecule has 1 heterocycles. The number of hydrogen-bond donors (Lipinski definition) is 2. The number of nitrogens with zero attached hydrogens (tertiary/aromatic N) is 2. The summed E-state index contributed by atoms with van der Waals surface area (Å²) in [5, 5.41) is 2.89. The number of rotatable bonds is 3. The van der Waals surface area contributed by atoms with Crippen molar-refractivity contribution in [3.63, 3.8) is 0 Å². The molecule has 1 unspecified atom stereocenters. The summed E-state index contributed by atoms with van der Waals surface area (Å²) in [4.78, 5) is 15.8. The van der Waals surface area contributed by atoms with Crippen LogP contribution >= 0.6 is 0 Å². The van der Waals surface area contributed by atoms with Crippen molar-refractivity contribution in [2.24, 2.45) is 5.73 Å². The number of nitrogens with two attached hydrogens (primary N) is 1. The molecule has 0 aromatic heterocycles. The predicted octanol–water partition coefficient (Wildman–Crippen LogP) is -0.319. The van der Waals surface area contributed by atoms with Crippen molar-refractivity contribution in [1.82, 2.24) is 15.1 Å². The quantitative estimate of drug-likeness (QED) is 0.677. The minimum Gasteiger partial charge on any atom is -0.338 e. The van der Waals surface area contributed by atoms with Crippen LogP contribution in [0.2, 0.25) is 0 Å². The molecule has 1 rings (SSSR count). The molecule has 0 saturated carbocycles. The highest BCUT2D eigenvalue weighted by Gasteiger charge is 2.27. The topological polar surface area (TPSA) is 61.6 Å². The summed E-state index contributed by atoms with van der Waals surface area (Å²) >= 11 is 0. The molecule has 15 heavy (non-hydrogen) atoms. The van der Waals surface area contributed by atoms with Crippen molar-refractivity contribution in [3.8, 4) is 0 Å². The minimum absolute atomic E-state index is 0.0281. The van der Waals surface area contributed by atoms with Crippen LogP contribution in [0.5, 0.6) is 0 Å². The van der Waals surface area contributed by atoms with Gasteiger partial charge in [-0.3, -0.25) is 0 Å². The summed E-state index contributed by atoms with van der Waals surface area (Å²) in [5.41, 5.74) is 5.67. The first-order chi connectivity index (χ1) is 7.19. The smallest absolute Gasteiger partial charge is 0.317 e. The molecule has 3 N–H and O–H groups in total. The molecule has 1 fully saturated rings. The number of piperazine rings is 1. The van der Waals surface area contributed by atoms with Crippen molar-refractivity contribution >= 4 is 6.03 Å². The maximum absolute atomic E-state index is 11.8. The van der Waals surface area contributed by atoms with Gasteiger partial charge in [-0.2, -0.15) is 0 Å². The van der Waals surface area contributed by atoms with E-state index in [1.807, 2.05) is 11.8 Å². The average molecular weight is 214 g/mol. The van der Waals surface area contributed by atoms with E-state index in [2.05, 4.69) is 17.3 Å². The van der Waals surface area contributed by atoms with Gasteiger partial charge in [-0.1, -0.05) is 6.92 Å². The number of carbonyl (C=O) groups excluding carboxylic acids is 1. The molecule has 0 radical (unpaired) electrons. The Morgan fingerprint density at radius 1 is 1.53 bits per heavy atom. The molecule has 88 valence electrons. The zero-order valence-electron chi connectivity index (χ0n) is 9.70. The van der Waals surface area contributed by atoms with Gasteiger partial charge in [0.25, 0.3) is 0 Å². The maximum atomic E-state index is 11.8. The molecular weight excluding hydrogens is 192 g/mol. The number of carbonyl (C=O) groups is 1. The van der Waals surface area contributed by atoms with Crippen LogP contribution in [0.3, 0.4) is 0 Å². The lowest BCUT2D eigenvalue weighted by Gasteiger charge is -2.39. The number of likely N-dealkylation sites (N-methyl/N-ethyl adjacent to an activating group) is 1. The first kappa shape index (κ1) is 12.3. The van der Waals surface area contributed by atoms with Crippen LogP contribution in [0, 0.1) is 0 Å². The molecule has 5 heteroatoms. The lowest BCUT2D eigenvalue weighted by molar-refractivity contribution is 0.112. The predicted molar refractivity (Wildman–Crippen MR) is 60.7 cm³/mol. The monoisotopic (exact) mass is 214 g/mol. The summed E-state index contributed by atoms with van der Waals surface area (Å²) in [7, 11) is 2.06. The van der Waals surface area contributed by atoms with E-state index < -0.39 is 0 Å². The van der Waals surface area contributed by atoms with Gasteiger partial charge in [0.1, 0.15) is 0 Å². The molecule has 0 spiro atoms. The number of nitrogens with one attached hydrogen (secondary N) is 1. The molecule has 1 aliphatic rings. The van der Waals surface area contributed by atoms with Gasteiger partial charge in [-0.15, -0.1) is 0 Å². The normalized spacial score (nSPS) is 22.9. The fourth-order valence-electron chi connectivity index (χ4n) is 1.81. The number of urea groups is 1. The Labute approximate surface area is 91.6 Å². The summed E-state index contributed by atoms with van der Waals surface area (Å²) in [6, 6.07) is 0.181. The summed E-state index contributed by atoms with van der Waals surface area (Å²) in [5.74, 6) is 0. The standard InChI is InChI=1S/C10H22N4O/c1-3-4-12-10(15)14-6-5-13(2)8-9(14)7-11/h9H,3-8,11H2,1-2H3,(H,12,15). The summed E-state index contributed by atoms with van der Waals surface area (Å²) in [6.07, 6.45) is 0.965. The molecule has 0 bridgehead atoms. The van der Waals surface area contributed by atoms with Gasteiger partial charge < -0.3 is 20.9 Å². The Morgan fingerprint density at radius 3 is 2.87 bits per heavy atom. The zero-order chi connectivity index (χ0) is 11.3. The van der Waals surface area contributed by atoms with E-state index in [1.54, 1.807) is 0 Å². The molecule has 1 aliphatic heterocycles. The van der Waals surface area contributed by atoms with E-state index in [4.69, 9.17) is 5.73 Å². The highest BCUT2D eigenvalue weighted by molar-refractivity contribution is 5.74. The maximum Gasteiger partial charge on any atom is 0.317 e. The Morgan fingerprint density at radius 2 is 2.27 bits per heavy atom. The Balaban J connectivity index is 2.47. The van der Waals surface area contributed by atoms with Crippen molar-refractivity contribution in [2.45, 2.75) is 19.4 Å². The Bertz CT molecular complexity index is 210. The molecule has 0 aliphatic carbocycles. The van der Waals surface area contributed by atoms with Crippen LogP contribution < -0.4 is 11.1 Å². The fraction of sp³-hybridized carbons (Fsp3) is 0.900. The zero-order valence-corrected chi connectivity index (χ0v) is 9.70. The third kappa shape index (κ3) is 3.35. The van der Waals surface area contributed by atoms with Gasteiger partial charge in [0.05, 0.1) is 6.04 Å². The second-order valence-corrected chi connectivity index (χ2v) is 4.08. The fourth-order valence-corrected chi connectivity index (χ4v) is 1.81. The van der Waals surface area contributed by atoms with Gasteiger partial charge in [-0.25, -0.2) is 4.79 Å². The minimum atomic E-state index is 0.0281. The van der Waals surface area contributed by atoms with Crippen molar-refractivity contribution in [2.75, 3.05) is 39.8 Å². The molecule has 1 saturated heterocycles. The van der Waals surface area contributed by atoms with Crippen LogP contribution in [0.4, 0.5) is 4.79 Å². The molecule has 2 amide bonds. The average Bonchev–Trinajstić information content (AvgIpc) is 2.25. The number of hydrogen-bond acceptors (Lipinski definition) is 3.